The van der Waals surface area contributed by atoms with E-state index in [1.807, 2.05) is 0 Å². The second-order valence-electron chi connectivity index (χ2n) is 7.54. The monoisotopic (exact) mass is 282 g/mol. The molecule has 4 nitrogen and oxygen atoms in total. The minimum absolute atomic E-state index is 0.223. The number of aliphatic hydroxyl groups is 4. The lowest BCUT2D eigenvalue weighted by Crippen LogP contribution is -2.69. The highest BCUT2D eigenvalue weighted by atomic mass is 16.3. The molecule has 20 heavy (non-hydrogen) atoms. The van der Waals surface area contributed by atoms with Crippen LogP contribution >= 0.6 is 0 Å². The van der Waals surface area contributed by atoms with Crippen LogP contribution in [0.2, 0.25) is 0 Å². The zero-order valence-corrected chi connectivity index (χ0v) is 12.3. The van der Waals surface area contributed by atoms with Gasteiger partial charge in [-0.2, -0.15) is 0 Å². The van der Waals surface area contributed by atoms with Gasteiger partial charge in [-0.1, -0.05) is 13.5 Å². The zero-order valence-electron chi connectivity index (χ0n) is 12.3. The molecule has 0 aromatic rings. The third-order valence-electron chi connectivity index (χ3n) is 6.33. The third kappa shape index (κ3) is 1.68. The van der Waals surface area contributed by atoms with Crippen LogP contribution in [0, 0.1) is 23.7 Å². The molecule has 3 aliphatic carbocycles. The van der Waals surface area contributed by atoms with Crippen molar-refractivity contribution >= 4 is 0 Å². The first-order valence-corrected chi connectivity index (χ1v) is 7.68. The molecular weight excluding hydrogens is 256 g/mol. The van der Waals surface area contributed by atoms with Gasteiger partial charge in [0.15, 0.2) is 0 Å². The molecule has 114 valence electrons. The van der Waals surface area contributed by atoms with E-state index in [-0.39, 0.29) is 24.2 Å². The lowest BCUT2D eigenvalue weighted by Gasteiger charge is -2.63. The van der Waals surface area contributed by atoms with Crippen molar-refractivity contribution in [3.63, 3.8) is 0 Å². The van der Waals surface area contributed by atoms with Crippen molar-refractivity contribution < 1.29 is 20.4 Å². The van der Waals surface area contributed by atoms with E-state index >= 15 is 0 Å². The van der Waals surface area contributed by atoms with Gasteiger partial charge in [-0.05, 0) is 50.0 Å². The molecule has 4 heteroatoms. The van der Waals surface area contributed by atoms with E-state index in [1.165, 1.54) is 0 Å². The fourth-order valence-corrected chi connectivity index (χ4v) is 5.29. The van der Waals surface area contributed by atoms with E-state index in [0.717, 1.165) is 6.42 Å². The van der Waals surface area contributed by atoms with Crippen molar-refractivity contribution in [3.05, 3.63) is 12.2 Å². The summed E-state index contributed by atoms with van der Waals surface area (Å²) >= 11 is 0. The summed E-state index contributed by atoms with van der Waals surface area (Å²) < 4.78 is 0. The number of hydrogen-bond acceptors (Lipinski definition) is 4. The van der Waals surface area contributed by atoms with Crippen LogP contribution in [-0.4, -0.2) is 43.8 Å². The highest BCUT2D eigenvalue weighted by molar-refractivity contribution is 5.29. The molecule has 0 aliphatic heterocycles. The standard InChI is InChI=1S/C16H26O4/c1-8-6-12(18)16(20)9(2)7-11(17)14-13(16)10(8)4-5-15(14,3)19/h8,10-14,17-20H,2,4-7H2,1,3H3. The van der Waals surface area contributed by atoms with E-state index in [1.54, 1.807) is 6.92 Å². The van der Waals surface area contributed by atoms with Crippen LogP contribution in [0.4, 0.5) is 0 Å². The molecule has 0 saturated heterocycles. The molecule has 3 rings (SSSR count). The topological polar surface area (TPSA) is 80.9 Å². The molecule has 3 aliphatic rings. The van der Waals surface area contributed by atoms with Crippen molar-refractivity contribution in [2.45, 2.75) is 62.9 Å². The Morgan fingerprint density at radius 2 is 1.85 bits per heavy atom. The first kappa shape index (κ1) is 14.5. The SMILES string of the molecule is C=C1CC(O)C2C3C(CCC2(C)O)C(C)CC(O)C13O. The second kappa shape index (κ2) is 4.29. The maximum atomic E-state index is 11.1. The van der Waals surface area contributed by atoms with Crippen LogP contribution in [0.1, 0.15) is 39.5 Å². The summed E-state index contributed by atoms with van der Waals surface area (Å²) in [5, 5.41) is 42.7. The summed E-state index contributed by atoms with van der Waals surface area (Å²) in [6.07, 6.45) is 0.731. The summed E-state index contributed by atoms with van der Waals surface area (Å²) in [6, 6.07) is 0. The zero-order chi connectivity index (χ0) is 14.9. The molecule has 0 aromatic carbocycles. The summed E-state index contributed by atoms with van der Waals surface area (Å²) in [4.78, 5) is 0. The molecule has 3 saturated carbocycles. The van der Waals surface area contributed by atoms with Gasteiger partial charge in [0.05, 0.1) is 17.8 Å². The Hall–Kier alpha value is -0.420. The molecule has 0 spiro atoms. The van der Waals surface area contributed by atoms with E-state index in [0.29, 0.717) is 18.4 Å². The first-order valence-electron chi connectivity index (χ1n) is 7.68. The molecule has 0 bridgehead atoms. The molecule has 8 unspecified atom stereocenters. The smallest absolute Gasteiger partial charge is 0.115 e. The maximum Gasteiger partial charge on any atom is 0.115 e. The predicted octanol–water partition coefficient (Wildman–Crippen LogP) is 0.832. The molecule has 0 aromatic heterocycles. The van der Waals surface area contributed by atoms with E-state index in [2.05, 4.69) is 13.5 Å². The van der Waals surface area contributed by atoms with Gasteiger partial charge >= 0.3 is 0 Å². The van der Waals surface area contributed by atoms with E-state index in [4.69, 9.17) is 0 Å². The number of aliphatic hydroxyl groups excluding tert-OH is 2. The summed E-state index contributed by atoms with van der Waals surface area (Å²) in [5.41, 5.74) is -1.83. The summed E-state index contributed by atoms with van der Waals surface area (Å²) in [6.45, 7) is 7.76. The lowest BCUT2D eigenvalue weighted by molar-refractivity contribution is -0.243. The van der Waals surface area contributed by atoms with Gasteiger partial charge in [0.25, 0.3) is 0 Å². The Morgan fingerprint density at radius 3 is 2.50 bits per heavy atom. The normalized spacial score (nSPS) is 59.2. The van der Waals surface area contributed by atoms with Gasteiger partial charge in [0.1, 0.15) is 5.60 Å². The summed E-state index contributed by atoms with van der Waals surface area (Å²) in [5.74, 6) is -0.192. The summed E-state index contributed by atoms with van der Waals surface area (Å²) in [7, 11) is 0. The average molecular weight is 282 g/mol. The fraction of sp³-hybridized carbons (Fsp3) is 0.875. The van der Waals surface area contributed by atoms with Gasteiger partial charge in [0, 0.05) is 11.8 Å². The average Bonchev–Trinajstić information content (AvgIpc) is 2.32. The van der Waals surface area contributed by atoms with Crippen molar-refractivity contribution in [2.75, 3.05) is 0 Å². The first-order chi connectivity index (χ1) is 9.19. The lowest BCUT2D eigenvalue weighted by atomic mass is 9.46. The van der Waals surface area contributed by atoms with Crippen LogP contribution in [0.15, 0.2) is 12.2 Å². The molecule has 0 amide bonds. The third-order valence-corrected chi connectivity index (χ3v) is 6.33. The number of rotatable bonds is 0. The van der Waals surface area contributed by atoms with Crippen LogP contribution in [0.3, 0.4) is 0 Å². The maximum absolute atomic E-state index is 11.1. The van der Waals surface area contributed by atoms with Gasteiger partial charge in [0.2, 0.25) is 0 Å². The highest BCUT2D eigenvalue weighted by Gasteiger charge is 2.65. The largest absolute Gasteiger partial charge is 0.392 e. The van der Waals surface area contributed by atoms with Gasteiger partial charge in [-0.15, -0.1) is 0 Å². The van der Waals surface area contributed by atoms with Gasteiger partial charge in [-0.3, -0.25) is 0 Å². The predicted molar refractivity (Wildman–Crippen MR) is 74.8 cm³/mol. The van der Waals surface area contributed by atoms with Crippen LogP contribution in [0.25, 0.3) is 0 Å². The molecular formula is C16H26O4. The van der Waals surface area contributed by atoms with Crippen LogP contribution in [0.5, 0.6) is 0 Å². The molecule has 0 radical (unpaired) electrons. The van der Waals surface area contributed by atoms with Crippen molar-refractivity contribution in [1.82, 2.24) is 0 Å². The minimum Gasteiger partial charge on any atom is -0.392 e. The quantitative estimate of drug-likeness (QED) is 0.496. The fourth-order valence-electron chi connectivity index (χ4n) is 5.29. The minimum atomic E-state index is -1.36. The van der Waals surface area contributed by atoms with E-state index in [9.17, 15) is 20.4 Å². The Kier molecular flexibility index (Phi) is 3.11. The Labute approximate surface area is 120 Å². The molecule has 4 N–H and O–H groups in total. The molecule has 8 atom stereocenters. The van der Waals surface area contributed by atoms with Crippen LogP contribution < -0.4 is 0 Å². The Balaban J connectivity index is 2.11. The van der Waals surface area contributed by atoms with Crippen LogP contribution in [-0.2, 0) is 0 Å². The van der Waals surface area contributed by atoms with Crippen molar-refractivity contribution in [1.29, 1.82) is 0 Å². The Morgan fingerprint density at radius 1 is 1.20 bits per heavy atom. The van der Waals surface area contributed by atoms with Crippen molar-refractivity contribution in [2.24, 2.45) is 23.7 Å². The molecule has 0 heterocycles. The highest BCUT2D eigenvalue weighted by Crippen LogP contribution is 2.60. The van der Waals surface area contributed by atoms with E-state index < -0.39 is 29.3 Å². The molecule has 3 fully saturated rings. The van der Waals surface area contributed by atoms with Gasteiger partial charge in [-0.25, -0.2) is 0 Å². The number of hydrogen-bond donors (Lipinski definition) is 4. The van der Waals surface area contributed by atoms with Crippen molar-refractivity contribution in [3.8, 4) is 0 Å². The van der Waals surface area contributed by atoms with Gasteiger partial charge < -0.3 is 20.4 Å². The Bertz CT molecular complexity index is 432. The second-order valence-corrected chi connectivity index (χ2v) is 7.54.